The van der Waals surface area contributed by atoms with E-state index in [9.17, 15) is 4.79 Å². The molecule has 96 valence electrons. The van der Waals surface area contributed by atoms with E-state index in [1.165, 1.54) is 0 Å². The molecule has 2 heterocycles. The molecule has 6 heteroatoms. The molecule has 6 nitrogen and oxygen atoms in total. The third-order valence-corrected chi connectivity index (χ3v) is 2.97. The van der Waals surface area contributed by atoms with E-state index in [-0.39, 0.29) is 11.4 Å². The number of rotatable bonds is 2. The molecule has 0 bridgehead atoms. The lowest BCUT2D eigenvalue weighted by Crippen LogP contribution is -2.12. The Kier molecular flexibility index (Phi) is 2.31. The lowest BCUT2D eigenvalue weighted by Gasteiger charge is -1.99. The SMILES string of the molecule is Cc1nn(-c2ccccc2)c2oc(N)c(C(N)=O)c12. The van der Waals surface area contributed by atoms with E-state index in [0.29, 0.717) is 16.8 Å². The second-order valence-corrected chi connectivity index (χ2v) is 4.22. The van der Waals surface area contributed by atoms with Gasteiger partial charge in [0.2, 0.25) is 11.6 Å². The zero-order valence-corrected chi connectivity index (χ0v) is 10.3. The minimum atomic E-state index is -0.619. The summed E-state index contributed by atoms with van der Waals surface area (Å²) in [6.07, 6.45) is 0. The molecule has 0 aliphatic carbocycles. The number of nitrogen functional groups attached to an aromatic ring is 1. The minimum Gasteiger partial charge on any atom is -0.422 e. The van der Waals surface area contributed by atoms with Crippen LogP contribution in [0, 0.1) is 6.92 Å². The van der Waals surface area contributed by atoms with E-state index < -0.39 is 5.91 Å². The molecule has 3 rings (SSSR count). The van der Waals surface area contributed by atoms with Crippen LogP contribution >= 0.6 is 0 Å². The van der Waals surface area contributed by atoms with Gasteiger partial charge >= 0.3 is 0 Å². The van der Waals surface area contributed by atoms with Crippen molar-refractivity contribution in [3.05, 3.63) is 41.6 Å². The van der Waals surface area contributed by atoms with Crippen molar-refractivity contribution < 1.29 is 9.21 Å². The highest BCUT2D eigenvalue weighted by atomic mass is 16.4. The zero-order chi connectivity index (χ0) is 13.6. The standard InChI is InChI=1S/C13H12N4O2/c1-7-9-10(11(14)18)12(15)19-13(9)17(16-7)8-5-3-2-4-6-8/h2-6H,15H2,1H3,(H2,14,18). The molecule has 0 aliphatic heterocycles. The molecule has 2 aromatic heterocycles. The Hall–Kier alpha value is -2.76. The van der Waals surface area contributed by atoms with Gasteiger partial charge in [-0.25, -0.2) is 0 Å². The number of primary amides is 1. The van der Waals surface area contributed by atoms with Gasteiger partial charge in [0, 0.05) is 0 Å². The smallest absolute Gasteiger partial charge is 0.255 e. The topological polar surface area (TPSA) is 100 Å². The molecule has 0 aliphatic rings. The molecule has 0 saturated carbocycles. The van der Waals surface area contributed by atoms with Crippen LogP contribution in [0.25, 0.3) is 16.8 Å². The van der Waals surface area contributed by atoms with Gasteiger partial charge in [-0.3, -0.25) is 4.79 Å². The first kappa shape index (κ1) is 11.3. The molecule has 1 aromatic carbocycles. The van der Waals surface area contributed by atoms with Crippen LogP contribution in [0.3, 0.4) is 0 Å². The highest BCUT2D eigenvalue weighted by Gasteiger charge is 2.23. The van der Waals surface area contributed by atoms with Gasteiger partial charge < -0.3 is 15.9 Å². The predicted molar refractivity (Wildman–Crippen MR) is 71.0 cm³/mol. The number of hydrogen-bond donors (Lipinski definition) is 2. The molecule has 1 amide bonds. The molecular weight excluding hydrogens is 244 g/mol. The summed E-state index contributed by atoms with van der Waals surface area (Å²) in [7, 11) is 0. The Morgan fingerprint density at radius 1 is 1.32 bits per heavy atom. The third-order valence-electron chi connectivity index (χ3n) is 2.97. The summed E-state index contributed by atoms with van der Waals surface area (Å²) < 4.78 is 7.05. The van der Waals surface area contributed by atoms with Crippen LogP contribution in [0.5, 0.6) is 0 Å². The van der Waals surface area contributed by atoms with Crippen molar-refractivity contribution in [2.75, 3.05) is 5.73 Å². The first-order valence-electron chi connectivity index (χ1n) is 5.72. The number of nitrogens with zero attached hydrogens (tertiary/aromatic N) is 2. The maximum absolute atomic E-state index is 11.4. The fourth-order valence-electron chi connectivity index (χ4n) is 2.16. The number of anilines is 1. The number of carbonyl (C=O) groups excluding carboxylic acids is 1. The highest BCUT2D eigenvalue weighted by molar-refractivity contribution is 6.09. The van der Waals surface area contributed by atoms with Crippen molar-refractivity contribution in [2.24, 2.45) is 5.73 Å². The van der Waals surface area contributed by atoms with Crippen LogP contribution in [0.15, 0.2) is 34.7 Å². The zero-order valence-electron chi connectivity index (χ0n) is 10.3. The van der Waals surface area contributed by atoms with Gasteiger partial charge in [-0.2, -0.15) is 9.78 Å². The molecule has 0 fully saturated rings. The third kappa shape index (κ3) is 1.57. The normalized spacial score (nSPS) is 11.0. The van der Waals surface area contributed by atoms with E-state index >= 15 is 0 Å². The molecule has 19 heavy (non-hydrogen) atoms. The summed E-state index contributed by atoms with van der Waals surface area (Å²) in [5, 5.41) is 4.93. The molecular formula is C13H12N4O2. The average molecular weight is 256 g/mol. The monoisotopic (exact) mass is 256 g/mol. The minimum absolute atomic E-state index is 0.0210. The first-order valence-corrected chi connectivity index (χ1v) is 5.72. The summed E-state index contributed by atoms with van der Waals surface area (Å²) >= 11 is 0. The van der Waals surface area contributed by atoms with Gasteiger partial charge in [0.1, 0.15) is 5.56 Å². The maximum Gasteiger partial charge on any atom is 0.255 e. The fourth-order valence-corrected chi connectivity index (χ4v) is 2.16. The van der Waals surface area contributed by atoms with Crippen molar-refractivity contribution in [3.63, 3.8) is 0 Å². The number of aromatic nitrogens is 2. The van der Waals surface area contributed by atoms with Crippen LogP contribution < -0.4 is 11.5 Å². The second kappa shape index (κ2) is 3.88. The second-order valence-electron chi connectivity index (χ2n) is 4.22. The first-order chi connectivity index (χ1) is 9.09. The Morgan fingerprint density at radius 3 is 2.63 bits per heavy atom. The molecule has 0 saturated heterocycles. The largest absolute Gasteiger partial charge is 0.422 e. The summed E-state index contributed by atoms with van der Waals surface area (Å²) in [5.74, 6) is -0.598. The van der Waals surface area contributed by atoms with E-state index in [0.717, 1.165) is 5.69 Å². The maximum atomic E-state index is 11.4. The number of carbonyl (C=O) groups is 1. The molecule has 4 N–H and O–H groups in total. The summed E-state index contributed by atoms with van der Waals surface area (Å²) in [5.41, 5.74) is 13.1. The van der Waals surface area contributed by atoms with Crippen molar-refractivity contribution in [2.45, 2.75) is 6.92 Å². The number of amides is 1. The Morgan fingerprint density at radius 2 is 2.00 bits per heavy atom. The molecule has 3 aromatic rings. The van der Waals surface area contributed by atoms with Crippen LogP contribution in [-0.4, -0.2) is 15.7 Å². The molecule has 0 atom stereocenters. The van der Waals surface area contributed by atoms with E-state index in [2.05, 4.69) is 5.10 Å². The Balaban J connectivity index is 2.36. The van der Waals surface area contributed by atoms with Gasteiger partial charge in [-0.15, -0.1) is 0 Å². The van der Waals surface area contributed by atoms with Gasteiger partial charge in [0.05, 0.1) is 16.8 Å². The van der Waals surface area contributed by atoms with Crippen LogP contribution in [0.2, 0.25) is 0 Å². The van der Waals surface area contributed by atoms with Crippen molar-refractivity contribution >= 4 is 22.9 Å². The van der Waals surface area contributed by atoms with Crippen LogP contribution in [-0.2, 0) is 0 Å². The number of para-hydroxylation sites is 1. The Labute approximate surface area is 108 Å². The number of aryl methyl sites for hydroxylation is 1. The number of nitrogens with two attached hydrogens (primary N) is 2. The van der Waals surface area contributed by atoms with Crippen molar-refractivity contribution in [3.8, 4) is 5.69 Å². The van der Waals surface area contributed by atoms with Crippen LogP contribution in [0.1, 0.15) is 16.1 Å². The van der Waals surface area contributed by atoms with E-state index in [1.54, 1.807) is 11.6 Å². The quantitative estimate of drug-likeness (QED) is 0.727. The Bertz CT molecular complexity index is 771. The number of fused-ring (bicyclic) bond motifs is 1. The predicted octanol–water partition coefficient (Wildman–Crippen LogP) is 1.61. The summed E-state index contributed by atoms with van der Waals surface area (Å²) in [6.45, 7) is 1.78. The summed E-state index contributed by atoms with van der Waals surface area (Å²) in [4.78, 5) is 11.4. The summed E-state index contributed by atoms with van der Waals surface area (Å²) in [6, 6.07) is 9.45. The number of furan rings is 1. The lowest BCUT2D eigenvalue weighted by atomic mass is 10.2. The van der Waals surface area contributed by atoms with E-state index in [1.807, 2.05) is 30.3 Å². The molecule has 0 radical (unpaired) electrons. The van der Waals surface area contributed by atoms with E-state index in [4.69, 9.17) is 15.9 Å². The number of hydrogen-bond acceptors (Lipinski definition) is 4. The van der Waals surface area contributed by atoms with Crippen molar-refractivity contribution in [1.29, 1.82) is 0 Å². The lowest BCUT2D eigenvalue weighted by molar-refractivity contribution is 0.100. The van der Waals surface area contributed by atoms with Gasteiger partial charge in [-0.1, -0.05) is 18.2 Å². The highest BCUT2D eigenvalue weighted by Crippen LogP contribution is 2.31. The van der Waals surface area contributed by atoms with Gasteiger partial charge in [0.15, 0.2) is 0 Å². The fraction of sp³-hybridized carbons (Fsp3) is 0.0769. The molecule has 0 spiro atoms. The average Bonchev–Trinajstić information content (AvgIpc) is 2.87. The van der Waals surface area contributed by atoms with Crippen LogP contribution in [0.4, 0.5) is 5.88 Å². The van der Waals surface area contributed by atoms with Crippen molar-refractivity contribution in [1.82, 2.24) is 9.78 Å². The van der Waals surface area contributed by atoms with Gasteiger partial charge in [0.25, 0.3) is 5.91 Å². The van der Waals surface area contributed by atoms with Gasteiger partial charge in [-0.05, 0) is 19.1 Å². The molecule has 0 unspecified atom stereocenters. The number of benzene rings is 1.